The second kappa shape index (κ2) is 5.75. The van der Waals surface area contributed by atoms with Gasteiger partial charge in [-0.2, -0.15) is 0 Å². The van der Waals surface area contributed by atoms with E-state index in [2.05, 4.69) is 6.58 Å². The van der Waals surface area contributed by atoms with Gasteiger partial charge in [0.2, 0.25) is 0 Å². The summed E-state index contributed by atoms with van der Waals surface area (Å²) in [5.74, 6) is -1.07. The molecule has 0 aromatic carbocycles. The number of carbonyl (C=O) groups is 2. The lowest BCUT2D eigenvalue weighted by Crippen LogP contribution is -2.73. The van der Waals surface area contributed by atoms with Crippen LogP contribution in [0.2, 0.25) is 0 Å². The molecule has 2 saturated heterocycles. The number of ether oxygens (including phenoxy) is 3. The van der Waals surface area contributed by atoms with Crippen LogP contribution in [0.3, 0.4) is 0 Å². The lowest BCUT2D eigenvalue weighted by Gasteiger charge is -2.63. The van der Waals surface area contributed by atoms with Gasteiger partial charge in [-0.15, -0.1) is 0 Å². The van der Waals surface area contributed by atoms with Gasteiger partial charge < -0.3 is 24.4 Å². The monoisotopic (exact) mass is 418 g/mol. The highest BCUT2D eigenvalue weighted by Crippen LogP contribution is 2.72. The van der Waals surface area contributed by atoms with E-state index in [9.17, 15) is 19.8 Å². The number of aliphatic hydroxyl groups is 2. The Labute approximate surface area is 176 Å². The van der Waals surface area contributed by atoms with Gasteiger partial charge in [-0.05, 0) is 44.6 Å². The quantitative estimate of drug-likeness (QED) is 0.409. The lowest BCUT2D eigenvalue weighted by molar-refractivity contribution is -0.263. The maximum Gasteiger partial charge on any atom is 0.333 e. The van der Waals surface area contributed by atoms with E-state index in [4.69, 9.17) is 14.2 Å². The molecule has 2 aliphatic carbocycles. The van der Waals surface area contributed by atoms with Crippen molar-refractivity contribution in [3.05, 3.63) is 23.3 Å². The Morgan fingerprint density at radius 2 is 2.07 bits per heavy atom. The molecule has 4 fully saturated rings. The van der Waals surface area contributed by atoms with Crippen LogP contribution in [0.4, 0.5) is 0 Å². The molecular weight excluding hydrogens is 388 g/mol. The summed E-state index contributed by atoms with van der Waals surface area (Å²) in [6.45, 7) is 10.8. The minimum absolute atomic E-state index is 0.00113. The van der Waals surface area contributed by atoms with Gasteiger partial charge in [-0.3, -0.25) is 4.79 Å². The van der Waals surface area contributed by atoms with Gasteiger partial charge in [0.1, 0.15) is 28.8 Å². The second-order valence-electron chi connectivity index (χ2n) is 10.3. The zero-order valence-corrected chi connectivity index (χ0v) is 18.0. The molecule has 0 unspecified atom stereocenters. The predicted octanol–water partition coefficient (Wildman–Crippen LogP) is 1.81. The van der Waals surface area contributed by atoms with Crippen molar-refractivity contribution >= 4 is 11.9 Å². The Morgan fingerprint density at radius 1 is 1.37 bits per heavy atom. The number of fused-ring (bicyclic) bond motifs is 1. The molecule has 5 aliphatic rings. The highest BCUT2D eigenvalue weighted by atomic mass is 16.6. The van der Waals surface area contributed by atoms with Crippen molar-refractivity contribution < 1.29 is 34.0 Å². The molecule has 3 heterocycles. The molecule has 30 heavy (non-hydrogen) atoms. The maximum atomic E-state index is 13.4. The van der Waals surface area contributed by atoms with Crippen LogP contribution in [-0.4, -0.2) is 58.3 Å². The lowest BCUT2D eigenvalue weighted by atomic mass is 9.44. The zero-order chi connectivity index (χ0) is 21.9. The zero-order valence-electron chi connectivity index (χ0n) is 18.0. The number of carbonyl (C=O) groups excluding carboxylic acids is 2. The molecule has 3 bridgehead atoms. The molecule has 2 N–H and O–H groups in total. The van der Waals surface area contributed by atoms with Gasteiger partial charge in [0, 0.05) is 23.0 Å². The molecule has 0 aromatic rings. The summed E-state index contributed by atoms with van der Waals surface area (Å²) < 4.78 is 18.4. The second-order valence-corrected chi connectivity index (χ2v) is 10.3. The third-order valence-electron chi connectivity index (χ3n) is 9.15. The fourth-order valence-electron chi connectivity index (χ4n) is 7.13. The summed E-state index contributed by atoms with van der Waals surface area (Å²) in [5, 5.41) is 22.7. The molecule has 1 spiro atoms. The van der Waals surface area contributed by atoms with Gasteiger partial charge in [0.25, 0.3) is 0 Å². The SMILES string of the molecule is C=C(C)C(=O)O[C@@H]1C2=C(C)[C@H]3C[C@@]4(CO)C(=O)O[C@H]5CC[C@H](C)[C@]1(C)[C@@]5(O)C[C@@]24O3. The molecule has 0 radical (unpaired) electrons. The molecule has 2 saturated carbocycles. The minimum Gasteiger partial charge on any atom is -0.459 e. The maximum absolute atomic E-state index is 13.4. The van der Waals surface area contributed by atoms with Crippen molar-refractivity contribution in [3.63, 3.8) is 0 Å². The van der Waals surface area contributed by atoms with Gasteiger partial charge in [-0.1, -0.05) is 20.4 Å². The predicted molar refractivity (Wildman–Crippen MR) is 105 cm³/mol. The molecule has 7 heteroatoms. The first-order valence-corrected chi connectivity index (χ1v) is 10.8. The Kier molecular flexibility index (Phi) is 3.88. The molecule has 7 nitrogen and oxygen atoms in total. The van der Waals surface area contributed by atoms with E-state index >= 15 is 0 Å². The van der Waals surface area contributed by atoms with E-state index in [0.717, 1.165) is 11.1 Å². The standard InChI is InChI=1S/C23H30O7/c1-11(2)18(25)29-17-16-13(4)14-8-21(10-24)19(26)28-15-7-6-12(3)20(17,5)22(15,27)9-23(16,21)30-14/h12,14-15,17,24,27H,1,6-10H2,2-5H3/t12-,14+,15-,17+,20-,21+,22+,23+/m0/s1. The van der Waals surface area contributed by atoms with Crippen molar-refractivity contribution in [2.24, 2.45) is 16.7 Å². The summed E-state index contributed by atoms with van der Waals surface area (Å²) in [5.41, 5.74) is -2.99. The fourth-order valence-corrected chi connectivity index (χ4v) is 7.13. The minimum atomic E-state index is -1.46. The molecule has 3 aliphatic heterocycles. The van der Waals surface area contributed by atoms with E-state index in [-0.39, 0.29) is 24.0 Å². The summed E-state index contributed by atoms with van der Waals surface area (Å²) in [7, 11) is 0. The molecule has 5 rings (SSSR count). The number of aliphatic hydroxyl groups excluding tert-OH is 1. The van der Waals surface area contributed by atoms with Crippen LogP contribution in [-0.2, 0) is 23.8 Å². The van der Waals surface area contributed by atoms with Crippen LogP contribution in [0.1, 0.15) is 53.4 Å². The first-order chi connectivity index (χ1) is 14.0. The molecule has 0 aromatic heterocycles. The van der Waals surface area contributed by atoms with E-state index in [1.54, 1.807) is 6.92 Å². The Balaban J connectivity index is 1.81. The third kappa shape index (κ3) is 1.89. The number of rotatable bonds is 3. The average molecular weight is 418 g/mol. The van der Waals surface area contributed by atoms with E-state index in [1.807, 2.05) is 20.8 Å². The van der Waals surface area contributed by atoms with Crippen LogP contribution in [0.25, 0.3) is 0 Å². The number of hydrogen-bond donors (Lipinski definition) is 2. The smallest absolute Gasteiger partial charge is 0.333 e. The van der Waals surface area contributed by atoms with Gasteiger partial charge in [0.15, 0.2) is 0 Å². The first kappa shape index (κ1) is 20.2. The van der Waals surface area contributed by atoms with Crippen LogP contribution < -0.4 is 0 Å². The normalized spacial score (nSPS) is 50.8. The van der Waals surface area contributed by atoms with Crippen molar-refractivity contribution in [1.29, 1.82) is 0 Å². The van der Waals surface area contributed by atoms with Crippen LogP contribution in [0.15, 0.2) is 23.3 Å². The Hall–Kier alpha value is -1.70. The Morgan fingerprint density at radius 3 is 2.70 bits per heavy atom. The van der Waals surface area contributed by atoms with E-state index in [0.29, 0.717) is 19.3 Å². The van der Waals surface area contributed by atoms with Crippen LogP contribution >= 0.6 is 0 Å². The van der Waals surface area contributed by atoms with Gasteiger partial charge in [-0.25, -0.2) is 4.79 Å². The fraction of sp³-hybridized carbons (Fsp3) is 0.739. The average Bonchev–Trinajstić information content (AvgIpc) is 3.12. The largest absolute Gasteiger partial charge is 0.459 e. The third-order valence-corrected chi connectivity index (χ3v) is 9.15. The molecule has 0 amide bonds. The van der Waals surface area contributed by atoms with Crippen LogP contribution in [0, 0.1) is 16.7 Å². The summed E-state index contributed by atoms with van der Waals surface area (Å²) in [6, 6.07) is 0. The summed E-state index contributed by atoms with van der Waals surface area (Å²) in [4.78, 5) is 26.1. The van der Waals surface area contributed by atoms with Gasteiger partial charge in [0.05, 0.1) is 12.7 Å². The van der Waals surface area contributed by atoms with Crippen molar-refractivity contribution in [3.8, 4) is 0 Å². The van der Waals surface area contributed by atoms with E-state index in [1.165, 1.54) is 0 Å². The van der Waals surface area contributed by atoms with Crippen LogP contribution in [0.5, 0.6) is 0 Å². The highest BCUT2D eigenvalue weighted by molar-refractivity contribution is 5.88. The Bertz CT molecular complexity index is 907. The molecular formula is C23H30O7. The van der Waals surface area contributed by atoms with E-state index < -0.39 is 52.8 Å². The van der Waals surface area contributed by atoms with Crippen molar-refractivity contribution in [2.45, 2.75) is 82.9 Å². The molecule has 164 valence electrons. The topological polar surface area (TPSA) is 102 Å². The highest BCUT2D eigenvalue weighted by Gasteiger charge is 2.82. The first-order valence-electron chi connectivity index (χ1n) is 10.8. The summed E-state index contributed by atoms with van der Waals surface area (Å²) in [6.07, 6.45) is -0.262. The molecule has 8 atom stereocenters. The van der Waals surface area contributed by atoms with Crippen molar-refractivity contribution in [2.75, 3.05) is 6.61 Å². The van der Waals surface area contributed by atoms with Gasteiger partial charge >= 0.3 is 11.9 Å². The number of esters is 2. The van der Waals surface area contributed by atoms with Crippen molar-refractivity contribution in [1.82, 2.24) is 0 Å². The summed E-state index contributed by atoms with van der Waals surface area (Å²) >= 11 is 0. The number of hydrogen-bond acceptors (Lipinski definition) is 7.